The molecule has 2 nitrogen and oxygen atoms in total. The minimum absolute atomic E-state index is 0.578. The van der Waals surface area contributed by atoms with Gasteiger partial charge in [0.05, 0.1) is 0 Å². The molecule has 1 aromatic heterocycles. The van der Waals surface area contributed by atoms with E-state index < -0.39 is 0 Å². The molecule has 0 spiro atoms. The zero-order valence-corrected chi connectivity index (χ0v) is 14.7. The smallest absolute Gasteiger partial charge is 0.0482 e. The molecule has 116 valence electrons. The lowest BCUT2D eigenvalue weighted by molar-refractivity contribution is 0.411. The van der Waals surface area contributed by atoms with Crippen molar-refractivity contribution in [1.82, 2.24) is 10.3 Å². The highest BCUT2D eigenvalue weighted by Crippen LogP contribution is 2.42. The van der Waals surface area contributed by atoms with Gasteiger partial charge in [0.15, 0.2) is 0 Å². The third kappa shape index (κ3) is 3.27. The quantitative estimate of drug-likeness (QED) is 0.893. The topological polar surface area (TPSA) is 24.9 Å². The Morgan fingerprint density at radius 1 is 1.33 bits per heavy atom. The Balaban J connectivity index is 1.84. The number of nitrogens with zero attached hydrogens (tertiary/aromatic N) is 1. The molecule has 1 fully saturated rings. The Bertz CT molecular complexity index is 466. The van der Waals surface area contributed by atoms with E-state index in [0.717, 1.165) is 17.0 Å². The van der Waals surface area contributed by atoms with Crippen molar-refractivity contribution in [3.8, 4) is 0 Å². The molecule has 0 aromatic carbocycles. The van der Waals surface area contributed by atoms with Crippen molar-refractivity contribution < 1.29 is 0 Å². The molecule has 0 amide bonds. The highest BCUT2D eigenvalue weighted by atomic mass is 32.2. The number of rotatable bonds is 5. The maximum atomic E-state index is 4.73. The van der Waals surface area contributed by atoms with Gasteiger partial charge in [-0.3, -0.25) is 4.98 Å². The minimum Gasteiger partial charge on any atom is -0.312 e. The molecule has 0 bridgehead atoms. The average molecular weight is 323 g/mol. The number of aryl methyl sites for hydroxylation is 1. The zero-order valence-electron chi connectivity index (χ0n) is 13.0. The number of hydrogen-bond donors (Lipinski definition) is 1. The van der Waals surface area contributed by atoms with E-state index >= 15 is 0 Å². The molecular formula is C17H26N2S2. The summed E-state index contributed by atoms with van der Waals surface area (Å²) in [7, 11) is 0. The maximum absolute atomic E-state index is 4.73. The summed E-state index contributed by atoms with van der Waals surface area (Å²) in [5.74, 6) is 3.22. The van der Waals surface area contributed by atoms with E-state index in [1.807, 2.05) is 6.20 Å². The van der Waals surface area contributed by atoms with E-state index in [1.165, 1.54) is 42.0 Å². The zero-order chi connectivity index (χ0) is 14.7. The summed E-state index contributed by atoms with van der Waals surface area (Å²) >= 11 is 4.38. The molecule has 1 aliphatic heterocycles. The third-order valence-electron chi connectivity index (χ3n) is 4.72. The van der Waals surface area contributed by atoms with E-state index in [4.69, 9.17) is 4.98 Å². The van der Waals surface area contributed by atoms with Crippen molar-refractivity contribution in [3.05, 3.63) is 29.6 Å². The Hall–Kier alpha value is -0.190. The van der Waals surface area contributed by atoms with Crippen LogP contribution in [0.4, 0.5) is 0 Å². The summed E-state index contributed by atoms with van der Waals surface area (Å²) in [6.07, 6.45) is 5.73. The summed E-state index contributed by atoms with van der Waals surface area (Å²) in [4.78, 5) is 4.73. The second-order valence-electron chi connectivity index (χ2n) is 5.93. The van der Waals surface area contributed by atoms with Gasteiger partial charge in [0, 0.05) is 45.9 Å². The summed E-state index contributed by atoms with van der Waals surface area (Å²) in [6.45, 7) is 5.64. The van der Waals surface area contributed by atoms with Crippen LogP contribution in [0.15, 0.2) is 18.3 Å². The van der Waals surface area contributed by atoms with Crippen molar-refractivity contribution in [2.24, 2.45) is 0 Å². The van der Waals surface area contributed by atoms with Crippen LogP contribution in [0.25, 0.3) is 0 Å². The van der Waals surface area contributed by atoms with Gasteiger partial charge in [-0.05, 0) is 37.4 Å². The van der Waals surface area contributed by atoms with Gasteiger partial charge >= 0.3 is 0 Å². The number of fused-ring (bicyclic) bond motifs is 1. The Labute approximate surface area is 137 Å². The third-order valence-corrected chi connectivity index (χ3v) is 8.10. The van der Waals surface area contributed by atoms with Crippen LogP contribution in [0.5, 0.6) is 0 Å². The molecule has 4 unspecified atom stereocenters. The molecular weight excluding hydrogens is 296 g/mol. The summed E-state index contributed by atoms with van der Waals surface area (Å²) < 4.78 is 0. The number of nitrogens with one attached hydrogen (secondary N) is 1. The molecule has 1 aliphatic carbocycles. The van der Waals surface area contributed by atoms with Crippen LogP contribution in [0, 0.1) is 0 Å². The first-order valence-electron chi connectivity index (χ1n) is 8.25. The minimum atomic E-state index is 0.578. The van der Waals surface area contributed by atoms with Gasteiger partial charge in [-0.15, -0.1) is 0 Å². The Morgan fingerprint density at radius 2 is 2.19 bits per heavy atom. The fourth-order valence-corrected chi connectivity index (χ4v) is 7.10. The molecule has 2 heterocycles. The molecule has 1 saturated heterocycles. The van der Waals surface area contributed by atoms with Gasteiger partial charge in [0.2, 0.25) is 0 Å². The molecule has 21 heavy (non-hydrogen) atoms. The highest BCUT2D eigenvalue weighted by Gasteiger charge is 2.39. The Kier molecular flexibility index (Phi) is 5.52. The van der Waals surface area contributed by atoms with Crippen molar-refractivity contribution in [1.29, 1.82) is 0 Å². The lowest BCUT2D eigenvalue weighted by Gasteiger charge is -2.39. The summed E-state index contributed by atoms with van der Waals surface area (Å²) in [5, 5.41) is 5.35. The van der Waals surface area contributed by atoms with Crippen LogP contribution < -0.4 is 5.32 Å². The van der Waals surface area contributed by atoms with E-state index in [1.54, 1.807) is 0 Å². The molecule has 4 heteroatoms. The molecule has 0 saturated carbocycles. The monoisotopic (exact) mass is 322 g/mol. The van der Waals surface area contributed by atoms with E-state index in [9.17, 15) is 0 Å². The van der Waals surface area contributed by atoms with Crippen LogP contribution in [0.3, 0.4) is 0 Å². The predicted octanol–water partition coefficient (Wildman–Crippen LogP) is 3.72. The van der Waals surface area contributed by atoms with Crippen molar-refractivity contribution >= 4 is 23.5 Å². The van der Waals surface area contributed by atoms with E-state index in [2.05, 4.69) is 54.8 Å². The second-order valence-corrected chi connectivity index (χ2v) is 8.56. The average Bonchev–Trinajstić information content (AvgIpc) is 2.96. The van der Waals surface area contributed by atoms with E-state index in [-0.39, 0.29) is 0 Å². The molecule has 1 N–H and O–H groups in total. The maximum Gasteiger partial charge on any atom is 0.0482 e. The fourth-order valence-electron chi connectivity index (χ4n) is 3.79. The van der Waals surface area contributed by atoms with Gasteiger partial charge < -0.3 is 5.32 Å². The van der Waals surface area contributed by atoms with Crippen LogP contribution in [0.1, 0.15) is 43.9 Å². The number of aromatic nitrogens is 1. The summed E-state index contributed by atoms with van der Waals surface area (Å²) in [6, 6.07) is 4.93. The molecule has 2 aliphatic rings. The normalized spacial score (nSPS) is 30.1. The highest BCUT2D eigenvalue weighted by molar-refractivity contribution is 8.07. The summed E-state index contributed by atoms with van der Waals surface area (Å²) in [5.41, 5.74) is 2.85. The van der Waals surface area contributed by atoms with Crippen molar-refractivity contribution in [3.63, 3.8) is 0 Å². The number of pyridine rings is 1. The van der Waals surface area contributed by atoms with Crippen molar-refractivity contribution in [2.45, 2.75) is 55.6 Å². The van der Waals surface area contributed by atoms with Crippen LogP contribution in [-0.2, 0) is 6.42 Å². The molecule has 4 atom stereocenters. The van der Waals surface area contributed by atoms with Crippen molar-refractivity contribution in [2.75, 3.05) is 18.1 Å². The first-order chi connectivity index (χ1) is 10.3. The number of hydrogen-bond acceptors (Lipinski definition) is 4. The SMILES string of the molecule is CCNC(C1CCc2cccnc21)C1SCCSC1CC. The van der Waals surface area contributed by atoms with E-state index in [0.29, 0.717) is 12.0 Å². The second kappa shape index (κ2) is 7.38. The largest absolute Gasteiger partial charge is 0.312 e. The first kappa shape index (κ1) is 15.7. The molecule has 0 radical (unpaired) electrons. The van der Waals surface area contributed by atoms with Crippen LogP contribution >= 0.6 is 23.5 Å². The van der Waals surface area contributed by atoms with Gasteiger partial charge in [-0.25, -0.2) is 0 Å². The van der Waals surface area contributed by atoms with Crippen LogP contribution in [-0.4, -0.2) is 39.6 Å². The number of thioether (sulfide) groups is 2. The first-order valence-corrected chi connectivity index (χ1v) is 10.3. The molecule has 1 aromatic rings. The Morgan fingerprint density at radius 3 is 3.00 bits per heavy atom. The standard InChI is InChI=1S/C17H26N2S2/c1-3-14-17(21-11-10-20-14)16(18-4-2)13-8-7-12-6-5-9-19-15(12)13/h5-6,9,13-14,16-18H,3-4,7-8,10-11H2,1-2H3. The van der Waals surface area contributed by atoms with Gasteiger partial charge in [-0.2, -0.15) is 23.5 Å². The van der Waals surface area contributed by atoms with Crippen LogP contribution in [0.2, 0.25) is 0 Å². The molecule has 3 rings (SSSR count). The lowest BCUT2D eigenvalue weighted by Crippen LogP contribution is -2.48. The fraction of sp³-hybridized carbons (Fsp3) is 0.706. The van der Waals surface area contributed by atoms with Gasteiger partial charge in [0.1, 0.15) is 0 Å². The number of likely N-dealkylation sites (N-methyl/N-ethyl adjacent to an activating group) is 1. The lowest BCUT2D eigenvalue weighted by atomic mass is 9.91. The van der Waals surface area contributed by atoms with Gasteiger partial charge in [0.25, 0.3) is 0 Å². The predicted molar refractivity (Wildman–Crippen MR) is 95.5 cm³/mol. The van der Waals surface area contributed by atoms with Gasteiger partial charge in [-0.1, -0.05) is 19.9 Å².